The molecule has 0 saturated carbocycles. The Labute approximate surface area is 133 Å². The van der Waals surface area contributed by atoms with Crippen LogP contribution in [0.1, 0.15) is 16.7 Å². The Morgan fingerprint density at radius 3 is 2.47 bits per heavy atom. The molecule has 0 unspecified atom stereocenters. The van der Waals surface area contributed by atoms with E-state index in [0.29, 0.717) is 0 Å². The summed E-state index contributed by atoms with van der Waals surface area (Å²) >= 11 is 0. The maximum atomic E-state index is 3.27. The van der Waals surface area contributed by atoms with Crippen molar-refractivity contribution in [2.75, 3.05) is 0 Å². The zero-order chi connectivity index (χ0) is 9.54. The molecule has 3 heteroatoms. The molecule has 0 bridgehead atoms. The van der Waals surface area contributed by atoms with Gasteiger partial charge in [0, 0.05) is 25.8 Å². The van der Waals surface area contributed by atoms with Crippen molar-refractivity contribution >= 4 is 0 Å². The minimum absolute atomic E-state index is 0. The third kappa shape index (κ3) is 2.83. The molecule has 0 fully saturated rings. The van der Waals surface area contributed by atoms with Crippen molar-refractivity contribution in [2.24, 2.45) is 0 Å². The summed E-state index contributed by atoms with van der Waals surface area (Å²) in [7, 11) is 0. The smallest absolute Gasteiger partial charge is 0 e. The van der Waals surface area contributed by atoms with Crippen molar-refractivity contribution in [3.8, 4) is 11.1 Å². The Kier molecular flexibility index (Phi) is 6.68. The largest absolute Gasteiger partial charge is 1.00 e. The normalized spacial score (nSPS) is 10.2. The van der Waals surface area contributed by atoms with Crippen LogP contribution >= 0.6 is 0 Å². The molecule has 0 aliphatic heterocycles. The predicted octanol–water partition coefficient (Wildman–Crippen LogP) is -2.63. The molecule has 0 atom stereocenters. The quantitative estimate of drug-likeness (QED) is 0.272. The van der Waals surface area contributed by atoms with Crippen LogP contribution in [0.15, 0.2) is 36.4 Å². The molecule has 17 heavy (non-hydrogen) atoms. The van der Waals surface area contributed by atoms with Crippen LogP contribution in [0.3, 0.4) is 0 Å². The van der Waals surface area contributed by atoms with Crippen LogP contribution in [0.25, 0.3) is 11.1 Å². The van der Waals surface area contributed by atoms with Crippen molar-refractivity contribution in [3.05, 3.63) is 59.2 Å². The minimum Gasteiger partial charge on any atom is -1.00 e. The molecule has 0 spiro atoms. The Balaban J connectivity index is 0.000000853. The average molecular weight is 429 g/mol. The number of fused-ring (bicyclic) bond motifs is 3. The van der Waals surface area contributed by atoms with Gasteiger partial charge in [-0.3, -0.25) is 0 Å². The molecular weight excluding hydrogens is 418 g/mol. The van der Waals surface area contributed by atoms with E-state index in [1.807, 2.05) is 6.07 Å². The molecule has 3 rings (SSSR count). The Hall–Kier alpha value is -0.110. The van der Waals surface area contributed by atoms with Gasteiger partial charge in [0.1, 0.15) is 0 Å². The Morgan fingerprint density at radius 2 is 1.71 bits per heavy atom. The molecule has 0 aromatic heterocycles. The number of hydrogen-bond donors (Lipinski definition) is 0. The van der Waals surface area contributed by atoms with Crippen LogP contribution in [-0.4, -0.2) is 0 Å². The van der Waals surface area contributed by atoms with E-state index in [1.165, 1.54) is 27.8 Å². The second-order valence-electron chi connectivity index (χ2n) is 3.83. The van der Waals surface area contributed by atoms with Gasteiger partial charge in [0.2, 0.25) is 0 Å². The van der Waals surface area contributed by atoms with E-state index in [4.69, 9.17) is 0 Å². The van der Waals surface area contributed by atoms with Gasteiger partial charge >= 0.3 is 0 Å². The molecule has 0 nitrogen and oxygen atoms in total. The van der Waals surface area contributed by atoms with Gasteiger partial charge in [-0.15, -0.1) is 11.1 Å². The fourth-order valence-corrected chi connectivity index (χ4v) is 2.25. The summed E-state index contributed by atoms with van der Waals surface area (Å²) in [5.74, 6) is 0. The summed E-state index contributed by atoms with van der Waals surface area (Å²) in [5, 5.41) is 0. The summed E-state index contributed by atoms with van der Waals surface area (Å²) in [6.07, 6.45) is 1.08. The molecule has 2 aromatic carbocycles. The second-order valence-corrected chi connectivity index (χ2v) is 3.83. The third-order valence-electron chi connectivity index (χ3n) is 3.00. The van der Waals surface area contributed by atoms with E-state index in [1.54, 1.807) is 0 Å². The van der Waals surface area contributed by atoms with Gasteiger partial charge in [-0.25, -0.2) is 0 Å². The summed E-state index contributed by atoms with van der Waals surface area (Å²) in [6.45, 7) is 2.14. The van der Waals surface area contributed by atoms with E-state index >= 15 is 0 Å². The maximum absolute atomic E-state index is 3.27. The van der Waals surface area contributed by atoms with Gasteiger partial charge in [0.25, 0.3) is 0 Å². The van der Waals surface area contributed by atoms with Gasteiger partial charge in [-0.05, 0) is 17.5 Å². The maximum Gasteiger partial charge on any atom is 0 e. The second kappa shape index (κ2) is 6.72. The molecule has 0 amide bonds. The summed E-state index contributed by atoms with van der Waals surface area (Å²) < 4.78 is 0. The topological polar surface area (TPSA) is 0 Å². The monoisotopic (exact) mass is 429 g/mol. The molecule has 0 N–H and O–H groups in total. The molecule has 1 aliphatic carbocycles. The molecule has 0 saturated heterocycles. The molecule has 88 valence electrons. The minimum atomic E-state index is 0. The Bertz CT molecular complexity index is 509. The van der Waals surface area contributed by atoms with Gasteiger partial charge in [0.15, 0.2) is 0 Å². The first-order valence-electron chi connectivity index (χ1n) is 4.95. The van der Waals surface area contributed by atoms with E-state index in [0.717, 1.165) is 6.42 Å². The van der Waals surface area contributed by atoms with Crippen molar-refractivity contribution in [1.29, 1.82) is 0 Å². The number of aryl methyl sites for hydroxylation is 1. The van der Waals surface area contributed by atoms with Crippen molar-refractivity contribution in [1.82, 2.24) is 0 Å². The average Bonchev–Trinajstić information content (AvgIpc) is 2.59. The van der Waals surface area contributed by atoms with Crippen LogP contribution in [0.2, 0.25) is 0 Å². The first-order valence-corrected chi connectivity index (χ1v) is 4.95. The van der Waals surface area contributed by atoms with Crippen molar-refractivity contribution < 1.29 is 50.7 Å². The van der Waals surface area contributed by atoms with Crippen LogP contribution < -0.4 is 24.8 Å². The predicted molar refractivity (Wildman–Crippen MR) is 58.3 cm³/mol. The summed E-state index contributed by atoms with van der Waals surface area (Å²) in [4.78, 5) is 0. The molecule has 1 aliphatic rings. The van der Waals surface area contributed by atoms with Crippen LogP contribution in [-0.2, 0) is 32.3 Å². The number of benzene rings is 2. The van der Waals surface area contributed by atoms with E-state index in [-0.39, 0.29) is 50.7 Å². The molecule has 0 heterocycles. The first kappa shape index (κ1) is 16.9. The SMILES string of the molecule is Cc1[c-]ccc2c1Cc1ccccc1-2.[Cl-].[Cl-].[Hf]. The van der Waals surface area contributed by atoms with E-state index < -0.39 is 0 Å². The number of rotatable bonds is 0. The van der Waals surface area contributed by atoms with E-state index in [9.17, 15) is 0 Å². The van der Waals surface area contributed by atoms with Gasteiger partial charge in [0.05, 0.1) is 0 Å². The number of hydrogen-bond acceptors (Lipinski definition) is 0. The van der Waals surface area contributed by atoms with Crippen molar-refractivity contribution in [3.63, 3.8) is 0 Å². The van der Waals surface area contributed by atoms with Crippen LogP contribution in [0, 0.1) is 13.0 Å². The Morgan fingerprint density at radius 1 is 1.00 bits per heavy atom. The van der Waals surface area contributed by atoms with Gasteiger partial charge in [-0.2, -0.15) is 23.8 Å². The van der Waals surface area contributed by atoms with Gasteiger partial charge < -0.3 is 24.8 Å². The third-order valence-corrected chi connectivity index (χ3v) is 3.00. The fourth-order valence-electron chi connectivity index (χ4n) is 2.25. The zero-order valence-electron chi connectivity index (χ0n) is 9.43. The summed E-state index contributed by atoms with van der Waals surface area (Å²) in [5.41, 5.74) is 6.99. The first-order chi connectivity index (χ1) is 6.86. The summed E-state index contributed by atoms with van der Waals surface area (Å²) in [6, 6.07) is 16.1. The molecule has 2 aromatic rings. The number of halogens is 2. The van der Waals surface area contributed by atoms with Crippen LogP contribution in [0.5, 0.6) is 0 Å². The van der Waals surface area contributed by atoms with E-state index in [2.05, 4.69) is 43.3 Å². The van der Waals surface area contributed by atoms with Crippen LogP contribution in [0.4, 0.5) is 0 Å². The molecular formula is C14H11Cl2Hf-3. The van der Waals surface area contributed by atoms with Gasteiger partial charge in [-0.1, -0.05) is 31.2 Å². The fraction of sp³-hybridized carbons (Fsp3) is 0.143. The zero-order valence-corrected chi connectivity index (χ0v) is 14.5. The standard InChI is InChI=1S/C14H11.2ClH.Hf/c1-10-5-4-8-13-12-7-3-2-6-11(12)9-14(10)13;;;/h2-4,6-8H,9H2,1H3;2*1H;/q-1;;;/p-2. The van der Waals surface area contributed by atoms with Crippen molar-refractivity contribution in [2.45, 2.75) is 13.3 Å². The molecule has 0 radical (unpaired) electrons.